The number of amides is 2. The quantitative estimate of drug-likeness (QED) is 0.591. The third kappa shape index (κ3) is 4.19. The lowest BCUT2D eigenvalue weighted by Crippen LogP contribution is -2.45. The van der Waals surface area contributed by atoms with Crippen molar-refractivity contribution in [3.05, 3.63) is 94.6 Å². The van der Waals surface area contributed by atoms with Gasteiger partial charge in [0, 0.05) is 24.7 Å². The standard InChI is InChI=1S/C26H24F2N2O4/c1-30-24(17-6-4-5-7-20(17)28)23(25(31)29-14-15-8-10-16(27)11-9-15)18-12-21(33-2)22(34-3)13-19(18)26(30)32/h4-13,23-24H,14H2,1-3H3,(H,29,31). The van der Waals surface area contributed by atoms with Gasteiger partial charge in [-0.3, -0.25) is 9.59 Å². The fourth-order valence-corrected chi connectivity index (χ4v) is 4.34. The van der Waals surface area contributed by atoms with Crippen molar-refractivity contribution in [2.75, 3.05) is 21.3 Å². The lowest BCUT2D eigenvalue weighted by molar-refractivity contribution is -0.124. The monoisotopic (exact) mass is 466 g/mol. The number of fused-ring (bicyclic) bond motifs is 1. The number of nitrogens with zero attached hydrogens (tertiary/aromatic N) is 1. The first-order chi connectivity index (χ1) is 16.3. The minimum atomic E-state index is -0.935. The summed E-state index contributed by atoms with van der Waals surface area (Å²) in [5, 5.41) is 2.86. The summed E-state index contributed by atoms with van der Waals surface area (Å²) in [6.07, 6.45) is 0. The number of carbonyl (C=O) groups is 2. The van der Waals surface area contributed by atoms with Gasteiger partial charge in [0.1, 0.15) is 11.6 Å². The van der Waals surface area contributed by atoms with E-state index in [1.807, 2.05) is 0 Å². The molecule has 8 heteroatoms. The number of carbonyl (C=O) groups excluding carboxylic acids is 2. The van der Waals surface area contributed by atoms with Crippen LogP contribution in [0.25, 0.3) is 0 Å². The molecule has 1 aliphatic heterocycles. The molecule has 1 N–H and O–H groups in total. The summed E-state index contributed by atoms with van der Waals surface area (Å²) < 4.78 is 38.9. The smallest absolute Gasteiger partial charge is 0.254 e. The highest BCUT2D eigenvalue weighted by Gasteiger charge is 2.44. The van der Waals surface area contributed by atoms with Gasteiger partial charge in [-0.15, -0.1) is 0 Å². The SMILES string of the molecule is COc1cc2c(cc1OC)C(C(=O)NCc1ccc(F)cc1)C(c1ccccc1F)N(C)C2=O. The van der Waals surface area contributed by atoms with Gasteiger partial charge in [-0.1, -0.05) is 30.3 Å². The number of hydrogen-bond acceptors (Lipinski definition) is 4. The predicted octanol–water partition coefficient (Wildman–Crippen LogP) is 4.21. The Bertz CT molecular complexity index is 1230. The van der Waals surface area contributed by atoms with Crippen LogP contribution in [0.1, 0.15) is 39.0 Å². The number of rotatable bonds is 6. The van der Waals surface area contributed by atoms with Crippen molar-refractivity contribution < 1.29 is 27.8 Å². The van der Waals surface area contributed by atoms with Crippen LogP contribution in [-0.4, -0.2) is 38.0 Å². The van der Waals surface area contributed by atoms with Gasteiger partial charge >= 0.3 is 0 Å². The first-order valence-electron chi connectivity index (χ1n) is 10.6. The summed E-state index contributed by atoms with van der Waals surface area (Å²) in [4.78, 5) is 28.3. The van der Waals surface area contributed by atoms with Gasteiger partial charge in [-0.2, -0.15) is 0 Å². The van der Waals surface area contributed by atoms with E-state index in [1.54, 1.807) is 43.4 Å². The largest absolute Gasteiger partial charge is 0.493 e. The summed E-state index contributed by atoms with van der Waals surface area (Å²) >= 11 is 0. The van der Waals surface area contributed by atoms with Gasteiger partial charge in [0.05, 0.1) is 26.2 Å². The first-order valence-corrected chi connectivity index (χ1v) is 10.6. The minimum absolute atomic E-state index is 0.139. The molecule has 2 amide bonds. The second-order valence-corrected chi connectivity index (χ2v) is 8.00. The average Bonchev–Trinajstić information content (AvgIpc) is 2.85. The van der Waals surface area contributed by atoms with Crippen LogP contribution in [0, 0.1) is 11.6 Å². The van der Waals surface area contributed by atoms with E-state index in [0.29, 0.717) is 22.6 Å². The molecule has 0 radical (unpaired) electrons. The normalized spacial score (nSPS) is 17.2. The van der Waals surface area contributed by atoms with Crippen LogP contribution in [0.4, 0.5) is 8.78 Å². The second-order valence-electron chi connectivity index (χ2n) is 8.00. The number of nitrogens with one attached hydrogen (secondary N) is 1. The molecule has 0 fully saturated rings. The molecule has 0 saturated carbocycles. The Kier molecular flexibility index (Phi) is 6.49. The van der Waals surface area contributed by atoms with Crippen LogP contribution < -0.4 is 14.8 Å². The summed E-state index contributed by atoms with van der Waals surface area (Å²) in [5.74, 6) is -1.92. The van der Waals surface area contributed by atoms with Crippen LogP contribution >= 0.6 is 0 Å². The first kappa shape index (κ1) is 23.2. The molecule has 1 heterocycles. The second kappa shape index (κ2) is 9.51. The minimum Gasteiger partial charge on any atom is -0.493 e. The summed E-state index contributed by atoms with van der Waals surface area (Å²) in [6.45, 7) is 0.139. The van der Waals surface area contributed by atoms with Crippen molar-refractivity contribution in [1.29, 1.82) is 0 Å². The van der Waals surface area contributed by atoms with Crippen molar-refractivity contribution in [3.63, 3.8) is 0 Å². The Hall–Kier alpha value is -3.94. The van der Waals surface area contributed by atoms with Crippen LogP contribution in [0.15, 0.2) is 60.7 Å². The molecule has 1 aliphatic rings. The zero-order valence-corrected chi connectivity index (χ0v) is 19.0. The average molecular weight is 466 g/mol. The van der Waals surface area contributed by atoms with Gasteiger partial charge in [0.2, 0.25) is 5.91 Å². The molecule has 3 aromatic rings. The van der Waals surface area contributed by atoms with Crippen LogP contribution in [0.2, 0.25) is 0 Å². The van der Waals surface area contributed by atoms with Gasteiger partial charge < -0.3 is 19.7 Å². The van der Waals surface area contributed by atoms with Gasteiger partial charge in [0.15, 0.2) is 11.5 Å². The Labute approximate surface area is 196 Å². The van der Waals surface area contributed by atoms with Gasteiger partial charge in [0.25, 0.3) is 5.91 Å². The van der Waals surface area contributed by atoms with E-state index in [-0.39, 0.29) is 29.4 Å². The molecule has 0 aromatic heterocycles. The molecular weight excluding hydrogens is 442 g/mol. The Balaban J connectivity index is 1.81. The summed E-state index contributed by atoms with van der Waals surface area (Å²) in [6, 6.07) is 14.1. The lowest BCUT2D eigenvalue weighted by Gasteiger charge is -2.40. The number of benzene rings is 3. The third-order valence-corrected chi connectivity index (χ3v) is 6.06. The number of halogens is 2. The van der Waals surface area contributed by atoms with Crippen molar-refractivity contribution in [2.45, 2.75) is 18.5 Å². The number of ether oxygens (including phenoxy) is 2. The molecule has 0 spiro atoms. The predicted molar refractivity (Wildman–Crippen MR) is 122 cm³/mol. The van der Waals surface area contributed by atoms with Crippen molar-refractivity contribution >= 4 is 11.8 Å². The van der Waals surface area contributed by atoms with E-state index in [4.69, 9.17) is 9.47 Å². The van der Waals surface area contributed by atoms with Crippen LogP contribution in [-0.2, 0) is 11.3 Å². The van der Waals surface area contributed by atoms with Gasteiger partial charge in [-0.05, 0) is 41.5 Å². The van der Waals surface area contributed by atoms with E-state index in [2.05, 4.69) is 5.32 Å². The maximum Gasteiger partial charge on any atom is 0.254 e. The summed E-state index contributed by atoms with van der Waals surface area (Å²) in [7, 11) is 4.45. The molecule has 0 saturated heterocycles. The molecule has 0 aliphatic carbocycles. The van der Waals surface area contributed by atoms with E-state index in [1.165, 1.54) is 43.4 Å². The molecule has 2 unspecified atom stereocenters. The lowest BCUT2D eigenvalue weighted by atomic mass is 9.79. The van der Waals surface area contributed by atoms with Crippen LogP contribution in [0.3, 0.4) is 0 Å². The molecule has 2 atom stereocenters. The zero-order valence-electron chi connectivity index (χ0n) is 19.0. The molecule has 176 valence electrons. The number of likely N-dealkylation sites (N-methyl/N-ethyl adjacent to an activating group) is 1. The Morgan fingerprint density at radius 1 is 0.971 bits per heavy atom. The molecular formula is C26H24F2N2O4. The number of hydrogen-bond donors (Lipinski definition) is 1. The maximum absolute atomic E-state index is 14.9. The van der Waals surface area contributed by atoms with Crippen molar-refractivity contribution in [3.8, 4) is 11.5 Å². The van der Waals surface area contributed by atoms with E-state index in [9.17, 15) is 18.4 Å². The molecule has 0 bridgehead atoms. The van der Waals surface area contributed by atoms with Gasteiger partial charge in [-0.25, -0.2) is 8.78 Å². The molecule has 3 aromatic carbocycles. The Morgan fingerprint density at radius 3 is 2.26 bits per heavy atom. The fourth-order valence-electron chi connectivity index (χ4n) is 4.34. The maximum atomic E-state index is 14.9. The van der Waals surface area contributed by atoms with Crippen molar-refractivity contribution in [1.82, 2.24) is 10.2 Å². The van der Waals surface area contributed by atoms with E-state index in [0.717, 1.165) is 0 Å². The van der Waals surface area contributed by atoms with E-state index < -0.39 is 23.7 Å². The van der Waals surface area contributed by atoms with Crippen LogP contribution in [0.5, 0.6) is 11.5 Å². The molecule has 34 heavy (non-hydrogen) atoms. The zero-order chi connectivity index (χ0) is 24.4. The van der Waals surface area contributed by atoms with Crippen molar-refractivity contribution in [2.24, 2.45) is 0 Å². The summed E-state index contributed by atoms with van der Waals surface area (Å²) in [5.41, 5.74) is 1.60. The molecule has 6 nitrogen and oxygen atoms in total. The number of methoxy groups -OCH3 is 2. The highest BCUT2D eigenvalue weighted by Crippen LogP contribution is 2.46. The highest BCUT2D eigenvalue weighted by molar-refractivity contribution is 6.02. The van der Waals surface area contributed by atoms with E-state index >= 15 is 0 Å². The topological polar surface area (TPSA) is 67.9 Å². The Morgan fingerprint density at radius 2 is 1.62 bits per heavy atom. The third-order valence-electron chi connectivity index (χ3n) is 6.06. The molecule has 4 rings (SSSR count). The highest BCUT2D eigenvalue weighted by atomic mass is 19.1. The fraction of sp³-hybridized carbons (Fsp3) is 0.231.